The highest BCUT2D eigenvalue weighted by molar-refractivity contribution is 6.30. The minimum absolute atomic E-state index is 0.248. The molecule has 2 rings (SSSR count). The first-order valence-electron chi connectivity index (χ1n) is 8.92. The number of rotatable bonds is 8. The van der Waals surface area contributed by atoms with E-state index in [0.29, 0.717) is 11.4 Å². The first kappa shape index (κ1) is 21.6. The van der Waals surface area contributed by atoms with Crippen molar-refractivity contribution in [2.24, 2.45) is 0 Å². The van der Waals surface area contributed by atoms with Crippen LogP contribution in [0, 0.1) is 0 Å². The van der Waals surface area contributed by atoms with Gasteiger partial charge in [-0.15, -0.1) is 0 Å². The second-order valence-electron chi connectivity index (χ2n) is 6.74. The maximum atomic E-state index is 12.5. The van der Waals surface area contributed by atoms with Gasteiger partial charge in [0.2, 0.25) is 0 Å². The topological polar surface area (TPSA) is 118 Å². The zero-order valence-electron chi connectivity index (χ0n) is 16.0. The maximum Gasteiger partial charge on any atom is 0.327 e. The molecule has 0 aliphatic carbocycles. The van der Waals surface area contributed by atoms with Gasteiger partial charge in [-0.2, -0.15) is 0 Å². The van der Waals surface area contributed by atoms with Crippen molar-refractivity contribution in [2.45, 2.75) is 51.7 Å². The molecule has 1 aliphatic rings. The molecular formula is C18H23ClN4O5. The van der Waals surface area contributed by atoms with E-state index in [1.807, 2.05) is 6.92 Å². The van der Waals surface area contributed by atoms with Crippen molar-refractivity contribution in [3.05, 3.63) is 23.4 Å². The van der Waals surface area contributed by atoms with E-state index in [1.54, 1.807) is 13.0 Å². The van der Waals surface area contributed by atoms with Crippen LogP contribution in [0.15, 0.2) is 18.3 Å². The van der Waals surface area contributed by atoms with Gasteiger partial charge < -0.3 is 15.4 Å². The van der Waals surface area contributed by atoms with Gasteiger partial charge in [-0.1, -0.05) is 31.4 Å². The zero-order valence-corrected chi connectivity index (χ0v) is 16.7. The molecular weight excluding hydrogens is 388 g/mol. The van der Waals surface area contributed by atoms with E-state index in [9.17, 15) is 19.2 Å². The molecule has 1 saturated heterocycles. The number of carbonyl (C=O) groups excluding carboxylic acids is 4. The van der Waals surface area contributed by atoms with Gasteiger partial charge in [0.05, 0.1) is 5.02 Å². The number of imide groups is 1. The molecule has 2 atom stereocenters. The standard InChI is InChI=1S/C18H23ClN4O5/c1-4-5-8-18(3)16(26)23(17(27)22-18)10-14(24)28-11(2)15(25)21-13-7-6-12(19)9-20-13/h6-7,9,11H,4-5,8,10H2,1-3H3,(H,22,27)(H,20,21,25)/t11-,18-/m1/s1. The van der Waals surface area contributed by atoms with E-state index in [-0.39, 0.29) is 5.82 Å². The molecule has 9 nitrogen and oxygen atoms in total. The van der Waals surface area contributed by atoms with Crippen LogP contribution in [0.5, 0.6) is 0 Å². The summed E-state index contributed by atoms with van der Waals surface area (Å²) in [7, 11) is 0. The monoisotopic (exact) mass is 410 g/mol. The van der Waals surface area contributed by atoms with Crippen molar-refractivity contribution in [1.82, 2.24) is 15.2 Å². The van der Waals surface area contributed by atoms with Crippen molar-refractivity contribution in [2.75, 3.05) is 11.9 Å². The van der Waals surface area contributed by atoms with Crippen molar-refractivity contribution in [3.63, 3.8) is 0 Å². The normalized spacial score (nSPS) is 19.9. The summed E-state index contributed by atoms with van der Waals surface area (Å²) in [5, 5.41) is 5.50. The minimum Gasteiger partial charge on any atom is -0.451 e. The fourth-order valence-electron chi connectivity index (χ4n) is 2.69. The quantitative estimate of drug-likeness (QED) is 0.500. The molecule has 152 valence electrons. The number of nitrogens with zero attached hydrogens (tertiary/aromatic N) is 2. The van der Waals surface area contributed by atoms with E-state index in [1.165, 1.54) is 19.2 Å². The van der Waals surface area contributed by atoms with Crippen LogP contribution < -0.4 is 10.6 Å². The van der Waals surface area contributed by atoms with Gasteiger partial charge in [-0.3, -0.25) is 19.3 Å². The van der Waals surface area contributed by atoms with Crippen molar-refractivity contribution in [3.8, 4) is 0 Å². The Labute approximate surface area is 167 Å². The maximum absolute atomic E-state index is 12.5. The van der Waals surface area contributed by atoms with E-state index < -0.39 is 42.0 Å². The number of carbonyl (C=O) groups is 4. The van der Waals surface area contributed by atoms with Crippen LogP contribution in [0.2, 0.25) is 5.02 Å². The third kappa shape index (κ3) is 5.19. The summed E-state index contributed by atoms with van der Waals surface area (Å²) in [4.78, 5) is 53.5. The van der Waals surface area contributed by atoms with E-state index in [4.69, 9.17) is 16.3 Å². The molecule has 1 aliphatic heterocycles. The number of pyridine rings is 1. The molecule has 0 spiro atoms. The Hall–Kier alpha value is -2.68. The predicted octanol–water partition coefficient (Wildman–Crippen LogP) is 2.11. The molecule has 28 heavy (non-hydrogen) atoms. The molecule has 0 unspecified atom stereocenters. The van der Waals surface area contributed by atoms with Gasteiger partial charge in [0, 0.05) is 6.20 Å². The minimum atomic E-state index is -1.14. The number of nitrogens with one attached hydrogen (secondary N) is 2. The lowest BCUT2D eigenvalue weighted by molar-refractivity contribution is -0.155. The van der Waals surface area contributed by atoms with Crippen LogP contribution in [0.25, 0.3) is 0 Å². The predicted molar refractivity (Wildman–Crippen MR) is 102 cm³/mol. The smallest absolute Gasteiger partial charge is 0.327 e. The lowest BCUT2D eigenvalue weighted by atomic mass is 9.95. The first-order valence-corrected chi connectivity index (χ1v) is 9.30. The molecule has 1 aromatic rings. The van der Waals surface area contributed by atoms with Gasteiger partial charge >= 0.3 is 12.0 Å². The van der Waals surface area contributed by atoms with Crippen molar-refractivity contribution < 1.29 is 23.9 Å². The summed E-state index contributed by atoms with van der Waals surface area (Å²) in [6.07, 6.45) is 2.33. The second kappa shape index (κ2) is 9.01. The van der Waals surface area contributed by atoms with Gasteiger partial charge in [-0.05, 0) is 32.4 Å². The number of esters is 1. The average molecular weight is 411 g/mol. The van der Waals surface area contributed by atoms with Gasteiger partial charge in [0.25, 0.3) is 11.8 Å². The van der Waals surface area contributed by atoms with Crippen LogP contribution >= 0.6 is 11.6 Å². The number of hydrogen-bond donors (Lipinski definition) is 2. The number of halogens is 1. The van der Waals surface area contributed by atoms with Crippen LogP contribution in [0.1, 0.15) is 40.0 Å². The Bertz CT molecular complexity index is 770. The van der Waals surface area contributed by atoms with Crippen LogP contribution in [-0.4, -0.2) is 51.9 Å². The highest BCUT2D eigenvalue weighted by atomic mass is 35.5. The molecule has 4 amide bonds. The fourth-order valence-corrected chi connectivity index (χ4v) is 2.80. The second-order valence-corrected chi connectivity index (χ2v) is 7.18. The number of urea groups is 1. The molecule has 2 heterocycles. The van der Waals surface area contributed by atoms with Crippen LogP contribution in [-0.2, 0) is 19.1 Å². The highest BCUT2D eigenvalue weighted by Gasteiger charge is 2.48. The molecule has 10 heteroatoms. The number of ether oxygens (including phenoxy) is 1. The van der Waals surface area contributed by atoms with Crippen molar-refractivity contribution in [1.29, 1.82) is 0 Å². The molecule has 1 fully saturated rings. The number of unbranched alkanes of at least 4 members (excludes halogenated alkanes) is 1. The number of amides is 4. The van der Waals surface area contributed by atoms with Crippen LogP contribution in [0.4, 0.5) is 10.6 Å². The fraction of sp³-hybridized carbons (Fsp3) is 0.500. The summed E-state index contributed by atoms with van der Waals surface area (Å²) < 4.78 is 5.04. The largest absolute Gasteiger partial charge is 0.451 e. The number of anilines is 1. The zero-order chi connectivity index (χ0) is 20.9. The average Bonchev–Trinajstić information content (AvgIpc) is 2.85. The van der Waals surface area contributed by atoms with Crippen LogP contribution in [0.3, 0.4) is 0 Å². The highest BCUT2D eigenvalue weighted by Crippen LogP contribution is 2.23. The first-order chi connectivity index (χ1) is 13.2. The molecule has 0 saturated carbocycles. The SMILES string of the molecule is CCCC[C@@]1(C)NC(=O)N(CC(=O)O[C@H](C)C(=O)Nc2ccc(Cl)cn2)C1=O. The van der Waals surface area contributed by atoms with E-state index in [0.717, 1.165) is 17.7 Å². The lowest BCUT2D eigenvalue weighted by Crippen LogP contribution is -2.44. The van der Waals surface area contributed by atoms with E-state index in [2.05, 4.69) is 15.6 Å². The third-order valence-electron chi connectivity index (χ3n) is 4.32. The summed E-state index contributed by atoms with van der Waals surface area (Å²) in [5.74, 6) is -1.70. The molecule has 1 aromatic heterocycles. The Kier molecular flexibility index (Phi) is 6.95. The molecule has 0 aromatic carbocycles. The Morgan fingerprint density at radius 3 is 2.71 bits per heavy atom. The Morgan fingerprint density at radius 2 is 2.11 bits per heavy atom. The molecule has 2 N–H and O–H groups in total. The summed E-state index contributed by atoms with van der Waals surface area (Å²) in [6.45, 7) is 4.42. The Balaban J connectivity index is 1.90. The van der Waals surface area contributed by atoms with E-state index >= 15 is 0 Å². The summed E-state index contributed by atoms with van der Waals surface area (Å²) in [6, 6.07) is 2.40. The summed E-state index contributed by atoms with van der Waals surface area (Å²) >= 11 is 5.72. The third-order valence-corrected chi connectivity index (χ3v) is 4.54. The van der Waals surface area contributed by atoms with Gasteiger partial charge in [0.15, 0.2) is 6.10 Å². The number of hydrogen-bond acceptors (Lipinski definition) is 6. The Morgan fingerprint density at radius 1 is 1.39 bits per heavy atom. The molecule has 0 bridgehead atoms. The molecule has 0 radical (unpaired) electrons. The number of aromatic nitrogens is 1. The summed E-state index contributed by atoms with van der Waals surface area (Å²) in [5.41, 5.74) is -1.03. The van der Waals surface area contributed by atoms with Crippen molar-refractivity contribution >= 4 is 41.2 Å². The lowest BCUT2D eigenvalue weighted by Gasteiger charge is -2.21. The van der Waals surface area contributed by atoms with Gasteiger partial charge in [-0.25, -0.2) is 9.78 Å². The van der Waals surface area contributed by atoms with Gasteiger partial charge in [0.1, 0.15) is 17.9 Å².